The molecule has 0 saturated carbocycles. The molecule has 6 heteroatoms. The smallest absolute Gasteiger partial charge is 0.292 e. The van der Waals surface area contributed by atoms with Crippen molar-refractivity contribution in [2.24, 2.45) is 0 Å². The van der Waals surface area contributed by atoms with E-state index in [-0.39, 0.29) is 5.69 Å². The summed E-state index contributed by atoms with van der Waals surface area (Å²) in [5.41, 5.74) is -0.452. The first-order valence-electron chi connectivity index (χ1n) is 5.14. The lowest BCUT2D eigenvalue weighted by atomic mass is 9.98. The van der Waals surface area contributed by atoms with Crippen molar-refractivity contribution in [3.63, 3.8) is 0 Å². The van der Waals surface area contributed by atoms with Crippen molar-refractivity contribution in [1.29, 1.82) is 0 Å². The van der Waals surface area contributed by atoms with Gasteiger partial charge >= 0.3 is 0 Å². The van der Waals surface area contributed by atoms with Gasteiger partial charge in [0.2, 0.25) is 0 Å². The highest BCUT2D eigenvalue weighted by Gasteiger charge is 2.27. The first kappa shape index (κ1) is 13.7. The topological polar surface area (TPSA) is 75.4 Å². The van der Waals surface area contributed by atoms with Gasteiger partial charge in [0.05, 0.1) is 16.6 Å². The predicted octanol–water partition coefficient (Wildman–Crippen LogP) is 2.82. The lowest BCUT2D eigenvalue weighted by Gasteiger charge is -2.30. The molecule has 94 valence electrons. The molecule has 2 N–H and O–H groups in total. The molecule has 0 saturated heterocycles. The Kier molecular flexibility index (Phi) is 3.95. The minimum atomic E-state index is -0.685. The number of hydrogen-bond donors (Lipinski definition) is 2. The largest absolute Gasteiger partial charge is 0.391 e. The van der Waals surface area contributed by atoms with E-state index in [1.807, 2.05) is 0 Å². The number of hydrogen-bond acceptors (Lipinski definition) is 4. The monoisotopic (exact) mass is 258 g/mol. The SMILES string of the molecule is CC(O)C(C)(C)Nc1cc(Cl)ccc1[N+](=O)[O-]. The summed E-state index contributed by atoms with van der Waals surface area (Å²) < 4.78 is 0. The lowest BCUT2D eigenvalue weighted by Crippen LogP contribution is -2.42. The molecule has 1 atom stereocenters. The second-order valence-corrected chi connectivity index (χ2v) is 4.88. The van der Waals surface area contributed by atoms with Crippen molar-refractivity contribution >= 4 is 23.0 Å². The summed E-state index contributed by atoms with van der Waals surface area (Å²) in [7, 11) is 0. The van der Waals surface area contributed by atoms with E-state index >= 15 is 0 Å². The Labute approximate surface area is 105 Å². The van der Waals surface area contributed by atoms with E-state index in [4.69, 9.17) is 11.6 Å². The van der Waals surface area contributed by atoms with Gasteiger partial charge in [-0.05, 0) is 32.9 Å². The molecule has 0 radical (unpaired) electrons. The van der Waals surface area contributed by atoms with E-state index in [1.165, 1.54) is 18.2 Å². The Balaban J connectivity index is 3.13. The zero-order chi connectivity index (χ0) is 13.2. The van der Waals surface area contributed by atoms with E-state index in [0.29, 0.717) is 10.7 Å². The van der Waals surface area contributed by atoms with Gasteiger partial charge in [-0.1, -0.05) is 11.6 Å². The Hall–Kier alpha value is -1.33. The van der Waals surface area contributed by atoms with Crippen LogP contribution in [-0.4, -0.2) is 21.7 Å². The molecule has 5 nitrogen and oxygen atoms in total. The molecular weight excluding hydrogens is 244 g/mol. The van der Waals surface area contributed by atoms with Crippen LogP contribution in [0.3, 0.4) is 0 Å². The van der Waals surface area contributed by atoms with Crippen molar-refractivity contribution in [2.75, 3.05) is 5.32 Å². The fourth-order valence-electron chi connectivity index (χ4n) is 1.22. The Morgan fingerprint density at radius 3 is 2.59 bits per heavy atom. The van der Waals surface area contributed by atoms with Gasteiger partial charge in [0.1, 0.15) is 5.69 Å². The molecule has 1 aromatic carbocycles. The van der Waals surface area contributed by atoms with Crippen LogP contribution >= 0.6 is 11.6 Å². The number of nitro groups is 1. The van der Waals surface area contributed by atoms with E-state index in [0.717, 1.165) is 0 Å². The molecule has 0 bridgehead atoms. The summed E-state index contributed by atoms with van der Waals surface area (Å²) in [5, 5.41) is 23.8. The van der Waals surface area contributed by atoms with E-state index in [2.05, 4.69) is 5.32 Å². The molecule has 0 spiro atoms. The summed E-state index contributed by atoms with van der Waals surface area (Å²) in [5.74, 6) is 0. The zero-order valence-electron chi connectivity index (χ0n) is 9.90. The van der Waals surface area contributed by atoms with Crippen LogP contribution in [0.2, 0.25) is 5.02 Å². The quantitative estimate of drug-likeness (QED) is 0.643. The number of nitrogens with zero attached hydrogens (tertiary/aromatic N) is 1. The number of aliphatic hydroxyl groups excluding tert-OH is 1. The summed E-state index contributed by atoms with van der Waals surface area (Å²) >= 11 is 5.80. The summed E-state index contributed by atoms with van der Waals surface area (Å²) in [6, 6.07) is 4.27. The standard InChI is InChI=1S/C11H15ClN2O3/c1-7(15)11(2,3)13-9-6-8(12)4-5-10(9)14(16)17/h4-7,13,15H,1-3H3. The van der Waals surface area contributed by atoms with E-state index in [1.54, 1.807) is 20.8 Å². The van der Waals surface area contributed by atoms with E-state index in [9.17, 15) is 15.2 Å². The van der Waals surface area contributed by atoms with Gasteiger partial charge in [-0.3, -0.25) is 10.1 Å². The van der Waals surface area contributed by atoms with Crippen LogP contribution in [-0.2, 0) is 0 Å². The van der Waals surface area contributed by atoms with Gasteiger partial charge in [0, 0.05) is 11.1 Å². The highest BCUT2D eigenvalue weighted by atomic mass is 35.5. The zero-order valence-corrected chi connectivity index (χ0v) is 10.7. The third-order valence-corrected chi connectivity index (χ3v) is 2.89. The average Bonchev–Trinajstić information content (AvgIpc) is 2.15. The van der Waals surface area contributed by atoms with Crippen LogP contribution in [0, 0.1) is 10.1 Å². The van der Waals surface area contributed by atoms with Crippen LogP contribution in [0.15, 0.2) is 18.2 Å². The minimum absolute atomic E-state index is 0.0666. The maximum absolute atomic E-state index is 10.8. The fraction of sp³-hybridized carbons (Fsp3) is 0.455. The maximum Gasteiger partial charge on any atom is 0.292 e. The molecule has 0 amide bonds. The molecular formula is C11H15ClN2O3. The number of aliphatic hydroxyl groups is 1. The number of halogens is 1. The van der Waals surface area contributed by atoms with E-state index < -0.39 is 16.6 Å². The van der Waals surface area contributed by atoms with Gasteiger partial charge in [-0.15, -0.1) is 0 Å². The van der Waals surface area contributed by atoms with Crippen molar-refractivity contribution in [3.8, 4) is 0 Å². The fourth-order valence-corrected chi connectivity index (χ4v) is 1.39. The van der Waals surface area contributed by atoms with Crippen LogP contribution in [0.5, 0.6) is 0 Å². The number of rotatable bonds is 4. The third kappa shape index (κ3) is 3.31. The number of anilines is 1. The normalized spacial score (nSPS) is 13.2. The second kappa shape index (κ2) is 4.89. The van der Waals surface area contributed by atoms with Crippen LogP contribution < -0.4 is 5.32 Å². The van der Waals surface area contributed by atoms with Gasteiger partial charge in [-0.25, -0.2) is 0 Å². The Morgan fingerprint density at radius 1 is 1.53 bits per heavy atom. The number of nitrogens with one attached hydrogen (secondary N) is 1. The first-order chi connectivity index (χ1) is 7.74. The van der Waals surface area contributed by atoms with Gasteiger partial charge < -0.3 is 10.4 Å². The average molecular weight is 259 g/mol. The van der Waals surface area contributed by atoms with Crippen molar-refractivity contribution in [1.82, 2.24) is 0 Å². The number of benzene rings is 1. The summed E-state index contributed by atoms with van der Waals surface area (Å²) in [6.07, 6.45) is -0.666. The van der Waals surface area contributed by atoms with Crippen LogP contribution in [0.25, 0.3) is 0 Å². The predicted molar refractivity (Wildman–Crippen MR) is 67.5 cm³/mol. The number of nitro benzene ring substituents is 1. The van der Waals surface area contributed by atoms with Crippen molar-refractivity contribution in [3.05, 3.63) is 33.3 Å². The molecule has 0 fully saturated rings. The molecule has 0 aliphatic heterocycles. The molecule has 0 heterocycles. The third-order valence-electron chi connectivity index (χ3n) is 2.66. The minimum Gasteiger partial charge on any atom is -0.391 e. The molecule has 0 aliphatic rings. The van der Waals surface area contributed by atoms with Crippen molar-refractivity contribution < 1.29 is 10.0 Å². The van der Waals surface area contributed by atoms with Gasteiger partial charge in [-0.2, -0.15) is 0 Å². The second-order valence-electron chi connectivity index (χ2n) is 4.44. The summed E-state index contributed by atoms with van der Waals surface area (Å²) in [6.45, 7) is 5.12. The maximum atomic E-state index is 10.8. The molecule has 17 heavy (non-hydrogen) atoms. The van der Waals surface area contributed by atoms with Gasteiger partial charge in [0.15, 0.2) is 0 Å². The van der Waals surface area contributed by atoms with Crippen LogP contribution in [0.4, 0.5) is 11.4 Å². The van der Waals surface area contributed by atoms with Gasteiger partial charge in [0.25, 0.3) is 5.69 Å². The molecule has 1 aromatic rings. The molecule has 0 aliphatic carbocycles. The molecule has 1 rings (SSSR count). The van der Waals surface area contributed by atoms with Crippen LogP contribution in [0.1, 0.15) is 20.8 Å². The Bertz CT molecular complexity index is 433. The molecule has 0 aromatic heterocycles. The summed E-state index contributed by atoms with van der Waals surface area (Å²) in [4.78, 5) is 10.4. The highest BCUT2D eigenvalue weighted by Crippen LogP contribution is 2.30. The van der Waals surface area contributed by atoms with Crippen molar-refractivity contribution in [2.45, 2.75) is 32.4 Å². The lowest BCUT2D eigenvalue weighted by molar-refractivity contribution is -0.384. The first-order valence-corrected chi connectivity index (χ1v) is 5.52. The Morgan fingerprint density at radius 2 is 2.12 bits per heavy atom. The molecule has 1 unspecified atom stereocenters. The highest BCUT2D eigenvalue weighted by molar-refractivity contribution is 6.31.